The van der Waals surface area contributed by atoms with E-state index >= 15 is 0 Å². The number of nitrogens with zero attached hydrogens (tertiary/aromatic N) is 2. The lowest BCUT2D eigenvalue weighted by Gasteiger charge is -2.34. The lowest BCUT2D eigenvalue weighted by molar-refractivity contribution is -0.142. The Kier molecular flexibility index (Phi) is 6.83. The number of carbonyl (C=O) groups excluding carboxylic acids is 2. The number of hydrogen-bond donors (Lipinski definition) is 1. The van der Waals surface area contributed by atoms with Gasteiger partial charge in [0.15, 0.2) is 6.10 Å². The van der Waals surface area contributed by atoms with Crippen molar-refractivity contribution in [1.29, 1.82) is 0 Å². The second kappa shape index (κ2) is 9.54. The topological polar surface area (TPSA) is 110 Å². The minimum absolute atomic E-state index is 0.136. The van der Waals surface area contributed by atoms with Crippen LogP contribution in [0.25, 0.3) is 11.1 Å². The van der Waals surface area contributed by atoms with E-state index < -0.39 is 58.8 Å². The Hall–Kier alpha value is -3.05. The number of carbonyl (C=O) groups is 2. The van der Waals surface area contributed by atoms with Crippen LogP contribution in [0.4, 0.5) is 13.6 Å². The highest BCUT2D eigenvalue weighted by atomic mass is 32.2. The van der Waals surface area contributed by atoms with Gasteiger partial charge in [-0.05, 0) is 17.5 Å². The summed E-state index contributed by atoms with van der Waals surface area (Å²) < 4.78 is 57.1. The number of fused-ring (bicyclic) bond motifs is 3. The Morgan fingerprint density at radius 1 is 1.14 bits per heavy atom. The molecule has 2 aromatic carbocycles. The monoisotopic (exact) mass is 507 g/mol. The highest BCUT2D eigenvalue weighted by Gasteiger charge is 2.39. The van der Waals surface area contributed by atoms with Crippen molar-refractivity contribution in [3.63, 3.8) is 0 Å². The summed E-state index contributed by atoms with van der Waals surface area (Å²) in [6.45, 7) is -0.599. The summed E-state index contributed by atoms with van der Waals surface area (Å²) in [6.07, 6.45) is -2.23. The number of sulfonamides is 1. The van der Waals surface area contributed by atoms with E-state index in [1.165, 1.54) is 7.05 Å². The van der Waals surface area contributed by atoms with Gasteiger partial charge in [0.1, 0.15) is 0 Å². The normalized spacial score (nSPS) is 17.9. The molecule has 2 N–H and O–H groups in total. The van der Waals surface area contributed by atoms with E-state index in [1.54, 1.807) is 0 Å². The first-order valence-electron chi connectivity index (χ1n) is 11.2. The minimum atomic E-state index is -4.09. The highest BCUT2D eigenvalue weighted by molar-refractivity contribution is 7.89. The van der Waals surface area contributed by atoms with E-state index in [-0.39, 0.29) is 19.4 Å². The Balaban J connectivity index is 1.53. The minimum Gasteiger partial charge on any atom is -0.436 e. The quantitative estimate of drug-likeness (QED) is 0.646. The van der Waals surface area contributed by atoms with Crippen LogP contribution in [0.2, 0.25) is 0 Å². The Labute approximate surface area is 202 Å². The van der Waals surface area contributed by atoms with Crippen molar-refractivity contribution < 1.29 is 31.5 Å². The second-order valence-corrected chi connectivity index (χ2v) is 10.7. The van der Waals surface area contributed by atoms with E-state index in [1.807, 2.05) is 48.5 Å². The standard InChI is InChI=1S/C24H27F2N3O5S/c1-28(16(14-35(27,32)33)13-21(30)29-12-6-11-24(25,26)15-29)23(31)34-22-19-9-4-2-7-17(19)18-8-3-5-10-20(18)22/h2-5,7-10,16,22H,6,11-15H2,1H3,(H2,27,32,33)/t16-/m0/s1. The molecular weight excluding hydrogens is 480 g/mol. The van der Waals surface area contributed by atoms with Crippen LogP contribution >= 0.6 is 0 Å². The number of primary sulfonamides is 1. The van der Waals surface area contributed by atoms with E-state index in [0.29, 0.717) is 0 Å². The molecule has 1 aliphatic carbocycles. The predicted octanol–water partition coefficient (Wildman–Crippen LogP) is 3.13. The third-order valence-electron chi connectivity index (χ3n) is 6.41. The van der Waals surface area contributed by atoms with Gasteiger partial charge in [0.25, 0.3) is 5.92 Å². The molecule has 2 amide bonds. The van der Waals surface area contributed by atoms with Crippen LogP contribution in [0, 0.1) is 0 Å². The maximum atomic E-state index is 13.8. The zero-order valence-electron chi connectivity index (χ0n) is 19.2. The number of ether oxygens (including phenoxy) is 1. The van der Waals surface area contributed by atoms with Gasteiger partial charge in [0.05, 0.1) is 18.3 Å². The predicted molar refractivity (Wildman–Crippen MR) is 125 cm³/mol. The summed E-state index contributed by atoms with van der Waals surface area (Å²) in [6, 6.07) is 13.7. The highest BCUT2D eigenvalue weighted by Crippen LogP contribution is 2.45. The van der Waals surface area contributed by atoms with Crippen molar-refractivity contribution in [2.45, 2.75) is 37.3 Å². The third-order valence-corrected chi connectivity index (χ3v) is 7.26. The average molecular weight is 508 g/mol. The molecule has 2 aromatic rings. The van der Waals surface area contributed by atoms with Gasteiger partial charge in [0.2, 0.25) is 15.9 Å². The van der Waals surface area contributed by atoms with Gasteiger partial charge in [-0.25, -0.2) is 27.1 Å². The number of likely N-dealkylation sites (tertiary alicyclic amines) is 1. The SMILES string of the molecule is CN(C(=O)OC1c2ccccc2-c2ccccc21)[C@@H](CC(=O)N1CCCC(F)(F)C1)CS(N)(=O)=O. The number of halogens is 2. The van der Waals surface area contributed by atoms with Crippen molar-refractivity contribution in [1.82, 2.24) is 9.80 Å². The zero-order valence-corrected chi connectivity index (χ0v) is 20.0. The van der Waals surface area contributed by atoms with Gasteiger partial charge in [-0.1, -0.05) is 48.5 Å². The van der Waals surface area contributed by atoms with E-state index in [2.05, 4.69) is 0 Å². The molecule has 0 aromatic heterocycles. The lowest BCUT2D eigenvalue weighted by Crippen LogP contribution is -2.50. The van der Waals surface area contributed by atoms with E-state index in [4.69, 9.17) is 9.88 Å². The molecule has 0 spiro atoms. The second-order valence-electron chi connectivity index (χ2n) is 9.01. The first-order chi connectivity index (χ1) is 16.5. The molecule has 1 atom stereocenters. The maximum absolute atomic E-state index is 13.8. The van der Waals surface area contributed by atoms with Crippen LogP contribution in [-0.2, 0) is 19.6 Å². The molecule has 1 saturated heterocycles. The Morgan fingerprint density at radius 2 is 1.71 bits per heavy atom. The number of rotatable bonds is 6. The molecule has 1 fully saturated rings. The molecule has 4 rings (SSSR count). The van der Waals surface area contributed by atoms with Crippen LogP contribution in [0.15, 0.2) is 48.5 Å². The van der Waals surface area contributed by atoms with Gasteiger partial charge in [0, 0.05) is 37.6 Å². The molecule has 2 aliphatic rings. The smallest absolute Gasteiger partial charge is 0.410 e. The summed E-state index contributed by atoms with van der Waals surface area (Å²) in [5, 5.41) is 5.21. The number of hydrogen-bond acceptors (Lipinski definition) is 5. The van der Waals surface area contributed by atoms with Gasteiger partial charge in [-0.3, -0.25) is 4.79 Å². The molecule has 0 saturated carbocycles. The van der Waals surface area contributed by atoms with Gasteiger partial charge in [-0.2, -0.15) is 0 Å². The van der Waals surface area contributed by atoms with Gasteiger partial charge < -0.3 is 14.5 Å². The number of nitrogens with two attached hydrogens (primary N) is 1. The lowest BCUT2D eigenvalue weighted by atomic mass is 10.1. The van der Waals surface area contributed by atoms with Crippen LogP contribution in [0.5, 0.6) is 0 Å². The van der Waals surface area contributed by atoms with Crippen LogP contribution in [0.3, 0.4) is 0 Å². The molecule has 8 nitrogen and oxygen atoms in total. The fourth-order valence-electron chi connectivity index (χ4n) is 4.65. The summed E-state index contributed by atoms with van der Waals surface area (Å²) >= 11 is 0. The third kappa shape index (κ3) is 5.62. The number of piperidine rings is 1. The summed E-state index contributed by atoms with van der Waals surface area (Å²) in [4.78, 5) is 27.9. The number of alkyl halides is 2. The average Bonchev–Trinajstić information content (AvgIpc) is 3.10. The largest absolute Gasteiger partial charge is 0.436 e. The summed E-state index contributed by atoms with van der Waals surface area (Å²) in [5.41, 5.74) is 3.41. The van der Waals surface area contributed by atoms with Crippen LogP contribution in [-0.4, -0.2) is 68.1 Å². The summed E-state index contributed by atoms with van der Waals surface area (Å²) in [5.74, 6) is -4.39. The molecule has 35 heavy (non-hydrogen) atoms. The molecule has 0 bridgehead atoms. The van der Waals surface area contributed by atoms with Crippen molar-refractivity contribution >= 4 is 22.0 Å². The molecular formula is C24H27F2N3O5S. The van der Waals surface area contributed by atoms with E-state index in [0.717, 1.165) is 32.1 Å². The number of amides is 2. The van der Waals surface area contributed by atoms with Crippen molar-refractivity contribution in [3.05, 3.63) is 59.7 Å². The van der Waals surface area contributed by atoms with Crippen molar-refractivity contribution in [3.8, 4) is 11.1 Å². The van der Waals surface area contributed by atoms with Crippen LogP contribution in [0.1, 0.15) is 36.5 Å². The van der Waals surface area contributed by atoms with Gasteiger partial charge in [-0.15, -0.1) is 0 Å². The fraction of sp³-hybridized carbons (Fsp3) is 0.417. The van der Waals surface area contributed by atoms with Crippen molar-refractivity contribution in [2.24, 2.45) is 5.14 Å². The summed E-state index contributed by atoms with van der Waals surface area (Å²) in [7, 11) is -2.79. The fourth-order valence-corrected chi connectivity index (χ4v) is 5.53. The zero-order chi connectivity index (χ0) is 25.4. The number of benzene rings is 2. The maximum Gasteiger partial charge on any atom is 0.410 e. The van der Waals surface area contributed by atoms with E-state index in [9.17, 15) is 26.8 Å². The molecule has 1 heterocycles. The molecule has 0 radical (unpaired) electrons. The molecule has 11 heteroatoms. The van der Waals surface area contributed by atoms with Crippen LogP contribution < -0.4 is 5.14 Å². The first kappa shape index (κ1) is 25.1. The van der Waals surface area contributed by atoms with Gasteiger partial charge >= 0.3 is 6.09 Å². The molecule has 188 valence electrons. The first-order valence-corrected chi connectivity index (χ1v) is 12.9. The molecule has 0 unspecified atom stereocenters. The molecule has 1 aliphatic heterocycles. The Morgan fingerprint density at radius 3 is 2.26 bits per heavy atom. The Bertz CT molecular complexity index is 1190. The van der Waals surface area contributed by atoms with Crippen molar-refractivity contribution in [2.75, 3.05) is 25.9 Å².